The molecule has 0 fully saturated rings. The Labute approximate surface area is 102 Å². The number of carbonyl (C=O) groups is 2. The molecule has 0 rings (SSSR count). The molecule has 6 heteroatoms. The Balaban J connectivity index is 4.34. The molecule has 0 heterocycles. The minimum atomic E-state index is -0.667. The van der Waals surface area contributed by atoms with E-state index in [1.54, 1.807) is 7.05 Å². The van der Waals surface area contributed by atoms with Gasteiger partial charge >= 0.3 is 0 Å². The van der Waals surface area contributed by atoms with Crippen LogP contribution in [-0.2, 0) is 14.3 Å². The normalized spacial score (nSPS) is 13.0. The molecular formula is C11H23N3O3. The third-order valence-corrected chi connectivity index (χ3v) is 1.92. The molecule has 100 valence electrons. The molecule has 0 unspecified atom stereocenters. The first-order valence-electron chi connectivity index (χ1n) is 5.59. The Kier molecular flexibility index (Phi) is 6.75. The maximum Gasteiger partial charge on any atom is 0.244 e. The third-order valence-electron chi connectivity index (χ3n) is 1.92. The monoisotopic (exact) mass is 245 g/mol. The highest BCUT2D eigenvalue weighted by molar-refractivity contribution is 5.88. The van der Waals surface area contributed by atoms with E-state index < -0.39 is 6.04 Å². The first-order valence-corrected chi connectivity index (χ1v) is 5.59. The zero-order valence-corrected chi connectivity index (χ0v) is 11.2. The summed E-state index contributed by atoms with van der Waals surface area (Å²) in [7, 11) is 3.19. The van der Waals surface area contributed by atoms with Gasteiger partial charge < -0.3 is 20.7 Å². The van der Waals surface area contributed by atoms with Crippen molar-refractivity contribution in [2.24, 2.45) is 0 Å². The molecule has 0 aromatic rings. The Hall–Kier alpha value is -1.14. The Morgan fingerprint density at radius 2 is 1.82 bits per heavy atom. The second-order valence-corrected chi connectivity index (χ2v) is 4.69. The highest BCUT2D eigenvalue weighted by Gasteiger charge is 2.22. The van der Waals surface area contributed by atoms with Gasteiger partial charge in [0.15, 0.2) is 0 Å². The van der Waals surface area contributed by atoms with Crippen LogP contribution in [0.5, 0.6) is 0 Å². The van der Waals surface area contributed by atoms with Crippen molar-refractivity contribution in [2.45, 2.75) is 32.4 Å². The van der Waals surface area contributed by atoms with Gasteiger partial charge in [0.2, 0.25) is 11.8 Å². The lowest BCUT2D eigenvalue weighted by atomic mass is 10.2. The van der Waals surface area contributed by atoms with E-state index in [1.165, 1.54) is 7.05 Å². The molecule has 0 saturated carbocycles. The molecular weight excluding hydrogens is 222 g/mol. The van der Waals surface area contributed by atoms with Crippen LogP contribution in [0.4, 0.5) is 0 Å². The number of hydrogen-bond donors (Lipinski definition) is 3. The summed E-state index contributed by atoms with van der Waals surface area (Å²) >= 11 is 0. The summed E-state index contributed by atoms with van der Waals surface area (Å²) in [6.45, 7) is 6.00. The average molecular weight is 245 g/mol. The van der Waals surface area contributed by atoms with Crippen LogP contribution < -0.4 is 16.0 Å². The first-order chi connectivity index (χ1) is 7.80. The number of amides is 2. The van der Waals surface area contributed by atoms with E-state index in [4.69, 9.17) is 4.74 Å². The molecule has 0 aliphatic rings. The van der Waals surface area contributed by atoms with Crippen molar-refractivity contribution in [3.05, 3.63) is 0 Å². The van der Waals surface area contributed by atoms with Gasteiger partial charge in [0.1, 0.15) is 6.04 Å². The minimum Gasteiger partial charge on any atom is -0.373 e. The fourth-order valence-electron chi connectivity index (χ4n) is 1.10. The van der Waals surface area contributed by atoms with Crippen LogP contribution in [0.2, 0.25) is 0 Å². The highest BCUT2D eigenvalue weighted by Crippen LogP contribution is 2.07. The Bertz CT molecular complexity index is 261. The maximum atomic E-state index is 11.5. The summed E-state index contributed by atoms with van der Waals surface area (Å²) in [4.78, 5) is 22.9. The van der Waals surface area contributed by atoms with Crippen molar-refractivity contribution in [2.75, 3.05) is 27.2 Å². The smallest absolute Gasteiger partial charge is 0.244 e. The van der Waals surface area contributed by atoms with Gasteiger partial charge in [-0.15, -0.1) is 0 Å². The van der Waals surface area contributed by atoms with Crippen LogP contribution in [-0.4, -0.2) is 50.7 Å². The fraction of sp³-hybridized carbons (Fsp3) is 0.818. The number of hydrogen-bond acceptors (Lipinski definition) is 4. The number of carbonyl (C=O) groups excluding carboxylic acids is 2. The van der Waals surface area contributed by atoms with Crippen molar-refractivity contribution >= 4 is 11.8 Å². The predicted molar refractivity (Wildman–Crippen MR) is 65.6 cm³/mol. The molecule has 0 spiro atoms. The molecule has 2 amide bonds. The lowest BCUT2D eigenvalue weighted by Crippen LogP contribution is -2.51. The van der Waals surface area contributed by atoms with Gasteiger partial charge in [-0.2, -0.15) is 0 Å². The summed E-state index contributed by atoms with van der Waals surface area (Å²) in [5, 5.41) is 7.82. The number of rotatable bonds is 6. The second-order valence-electron chi connectivity index (χ2n) is 4.69. The molecule has 1 atom stereocenters. The molecule has 0 radical (unpaired) electrons. The molecule has 6 nitrogen and oxygen atoms in total. The average Bonchev–Trinajstić information content (AvgIpc) is 2.22. The van der Waals surface area contributed by atoms with Gasteiger partial charge in [-0.1, -0.05) is 0 Å². The molecule has 0 aliphatic carbocycles. The number of likely N-dealkylation sites (N-methyl/N-ethyl adjacent to an activating group) is 2. The SMILES string of the molecule is CNCC(=O)N[C@@H](COC(C)(C)C)C(=O)NC. The topological polar surface area (TPSA) is 79.5 Å². The van der Waals surface area contributed by atoms with Gasteiger partial charge in [0.05, 0.1) is 18.8 Å². The summed E-state index contributed by atoms with van der Waals surface area (Å²) < 4.78 is 5.50. The quantitative estimate of drug-likeness (QED) is 0.575. The zero-order chi connectivity index (χ0) is 13.5. The molecule has 0 saturated heterocycles. The maximum absolute atomic E-state index is 11.5. The lowest BCUT2D eigenvalue weighted by Gasteiger charge is -2.24. The molecule has 17 heavy (non-hydrogen) atoms. The lowest BCUT2D eigenvalue weighted by molar-refractivity contribution is -0.131. The molecule has 0 aliphatic heterocycles. The van der Waals surface area contributed by atoms with Crippen LogP contribution in [0.25, 0.3) is 0 Å². The molecule has 0 bridgehead atoms. The summed E-state index contributed by atoms with van der Waals surface area (Å²) in [5.41, 5.74) is -0.347. The minimum absolute atomic E-state index is 0.151. The van der Waals surface area contributed by atoms with Gasteiger partial charge in [0.25, 0.3) is 0 Å². The molecule has 0 aromatic carbocycles. The molecule has 0 aromatic heterocycles. The van der Waals surface area contributed by atoms with Gasteiger partial charge in [0, 0.05) is 7.05 Å². The zero-order valence-electron chi connectivity index (χ0n) is 11.2. The van der Waals surface area contributed by atoms with E-state index in [-0.39, 0.29) is 30.6 Å². The van der Waals surface area contributed by atoms with Gasteiger partial charge in [-0.25, -0.2) is 0 Å². The second kappa shape index (κ2) is 7.24. The Morgan fingerprint density at radius 1 is 1.24 bits per heavy atom. The van der Waals surface area contributed by atoms with Crippen molar-refractivity contribution < 1.29 is 14.3 Å². The number of ether oxygens (including phenoxy) is 1. The summed E-state index contributed by atoms with van der Waals surface area (Å²) in [5.74, 6) is -0.502. The van der Waals surface area contributed by atoms with E-state index in [0.717, 1.165) is 0 Å². The van der Waals surface area contributed by atoms with E-state index in [9.17, 15) is 9.59 Å². The van der Waals surface area contributed by atoms with Crippen LogP contribution >= 0.6 is 0 Å². The van der Waals surface area contributed by atoms with Crippen molar-refractivity contribution in [1.82, 2.24) is 16.0 Å². The van der Waals surface area contributed by atoms with Crippen LogP contribution in [0.1, 0.15) is 20.8 Å². The standard InChI is InChI=1S/C11H23N3O3/c1-11(2,3)17-7-8(10(16)13-5)14-9(15)6-12-4/h8,12H,6-7H2,1-5H3,(H,13,16)(H,14,15)/t8-/m0/s1. The molecule has 3 N–H and O–H groups in total. The predicted octanol–water partition coefficient (Wildman–Crippen LogP) is -0.748. The van der Waals surface area contributed by atoms with Crippen molar-refractivity contribution in [3.63, 3.8) is 0 Å². The fourth-order valence-corrected chi connectivity index (χ4v) is 1.10. The first kappa shape index (κ1) is 15.9. The van der Waals surface area contributed by atoms with E-state index >= 15 is 0 Å². The largest absolute Gasteiger partial charge is 0.373 e. The van der Waals surface area contributed by atoms with E-state index in [0.29, 0.717) is 0 Å². The van der Waals surface area contributed by atoms with Gasteiger partial charge in [-0.05, 0) is 27.8 Å². The van der Waals surface area contributed by atoms with Crippen molar-refractivity contribution in [1.29, 1.82) is 0 Å². The summed E-state index contributed by atoms with van der Waals surface area (Å²) in [6, 6.07) is -0.667. The van der Waals surface area contributed by atoms with E-state index in [1.807, 2.05) is 20.8 Å². The van der Waals surface area contributed by atoms with Crippen LogP contribution in [0.3, 0.4) is 0 Å². The van der Waals surface area contributed by atoms with Gasteiger partial charge in [-0.3, -0.25) is 9.59 Å². The Morgan fingerprint density at radius 3 is 2.24 bits per heavy atom. The third kappa shape index (κ3) is 7.70. The number of nitrogens with one attached hydrogen (secondary N) is 3. The van der Waals surface area contributed by atoms with Crippen LogP contribution in [0, 0.1) is 0 Å². The van der Waals surface area contributed by atoms with E-state index in [2.05, 4.69) is 16.0 Å². The highest BCUT2D eigenvalue weighted by atomic mass is 16.5. The van der Waals surface area contributed by atoms with Crippen LogP contribution in [0.15, 0.2) is 0 Å². The van der Waals surface area contributed by atoms with Crippen molar-refractivity contribution in [3.8, 4) is 0 Å². The summed E-state index contributed by atoms with van der Waals surface area (Å²) in [6.07, 6.45) is 0.